The van der Waals surface area contributed by atoms with Gasteiger partial charge in [-0.05, 0) is 45.7 Å². The third kappa shape index (κ3) is 2.66. The Morgan fingerprint density at radius 1 is 1.35 bits per heavy atom. The number of nitrogens with one attached hydrogen (secondary N) is 1. The lowest BCUT2D eigenvalue weighted by molar-refractivity contribution is 0.404. The largest absolute Gasteiger partial charge is 0.353 e. The van der Waals surface area contributed by atoms with Crippen LogP contribution in [0.5, 0.6) is 0 Å². The number of aromatic nitrogens is 2. The maximum absolute atomic E-state index is 4.38. The van der Waals surface area contributed by atoms with Crippen LogP contribution in [-0.2, 0) is 0 Å². The van der Waals surface area contributed by atoms with Gasteiger partial charge in [-0.25, -0.2) is 4.98 Å². The summed E-state index contributed by atoms with van der Waals surface area (Å²) in [4.78, 5) is 6.90. The summed E-state index contributed by atoms with van der Waals surface area (Å²) in [5.41, 5.74) is 1.20. The topological polar surface area (TPSA) is 32.6 Å². The van der Waals surface area contributed by atoms with E-state index in [9.17, 15) is 0 Å². The first-order valence-electron chi connectivity index (χ1n) is 7.48. The Morgan fingerprint density at radius 3 is 3.00 bits per heavy atom. The van der Waals surface area contributed by atoms with Crippen LogP contribution in [0.25, 0.3) is 5.65 Å². The molecule has 1 N–H and O–H groups in total. The first-order valence-corrected chi connectivity index (χ1v) is 7.48. The highest BCUT2D eigenvalue weighted by molar-refractivity contribution is 5.52. The van der Waals surface area contributed by atoms with E-state index in [2.05, 4.69) is 64.8 Å². The standard InChI is InChI=1S/C16H24N4/c1-16(2,3)18-12-13-6-5-10-19(13)15-8-4-7-14-17-9-11-20(14)15/h4,7-9,11,13,18H,5-6,10,12H2,1-3H3. The number of pyridine rings is 1. The molecule has 1 aliphatic rings. The minimum Gasteiger partial charge on any atom is -0.353 e. The Morgan fingerprint density at radius 2 is 2.20 bits per heavy atom. The Bertz CT molecular complexity index is 581. The van der Waals surface area contributed by atoms with E-state index in [1.807, 2.05) is 6.20 Å². The molecule has 4 heteroatoms. The monoisotopic (exact) mass is 272 g/mol. The Hall–Kier alpha value is -1.55. The molecule has 108 valence electrons. The van der Waals surface area contributed by atoms with Crippen LogP contribution in [0.3, 0.4) is 0 Å². The molecule has 1 aliphatic heterocycles. The van der Waals surface area contributed by atoms with E-state index in [4.69, 9.17) is 0 Å². The average Bonchev–Trinajstić information content (AvgIpc) is 3.03. The van der Waals surface area contributed by atoms with Crippen LogP contribution in [0.1, 0.15) is 33.6 Å². The molecule has 3 rings (SSSR count). The highest BCUT2D eigenvalue weighted by atomic mass is 15.3. The Labute approximate surface area is 120 Å². The maximum atomic E-state index is 4.38. The van der Waals surface area contributed by atoms with Gasteiger partial charge in [0.2, 0.25) is 0 Å². The molecule has 0 saturated carbocycles. The van der Waals surface area contributed by atoms with Crippen molar-refractivity contribution in [2.45, 2.75) is 45.2 Å². The summed E-state index contributed by atoms with van der Waals surface area (Å²) in [5.74, 6) is 1.26. The van der Waals surface area contributed by atoms with E-state index < -0.39 is 0 Å². The summed E-state index contributed by atoms with van der Waals surface area (Å²) < 4.78 is 2.19. The van der Waals surface area contributed by atoms with Crippen molar-refractivity contribution in [2.75, 3.05) is 18.0 Å². The zero-order chi connectivity index (χ0) is 14.2. The van der Waals surface area contributed by atoms with Gasteiger partial charge in [0.1, 0.15) is 11.5 Å². The number of hydrogen-bond acceptors (Lipinski definition) is 3. The molecule has 1 unspecified atom stereocenters. The van der Waals surface area contributed by atoms with Crippen molar-refractivity contribution in [2.24, 2.45) is 0 Å². The fourth-order valence-electron chi connectivity index (χ4n) is 2.94. The van der Waals surface area contributed by atoms with Crippen molar-refractivity contribution in [3.8, 4) is 0 Å². The highest BCUT2D eigenvalue weighted by Gasteiger charge is 2.27. The molecule has 1 fully saturated rings. The SMILES string of the molecule is CC(C)(C)NCC1CCCN1c1cccc2nccn12. The van der Waals surface area contributed by atoms with Crippen molar-refractivity contribution in [1.82, 2.24) is 14.7 Å². The molecular weight excluding hydrogens is 248 g/mol. The summed E-state index contributed by atoms with van der Waals surface area (Å²) in [6, 6.07) is 6.93. The van der Waals surface area contributed by atoms with E-state index in [-0.39, 0.29) is 5.54 Å². The fourth-order valence-corrected chi connectivity index (χ4v) is 2.94. The normalized spacial score (nSPS) is 19.9. The summed E-state index contributed by atoms with van der Waals surface area (Å²) >= 11 is 0. The van der Waals surface area contributed by atoms with Gasteiger partial charge in [-0.3, -0.25) is 4.40 Å². The quantitative estimate of drug-likeness (QED) is 0.932. The van der Waals surface area contributed by atoms with Crippen LogP contribution in [0.4, 0.5) is 5.82 Å². The van der Waals surface area contributed by atoms with Gasteiger partial charge >= 0.3 is 0 Å². The number of imidazole rings is 1. The number of nitrogens with zero attached hydrogens (tertiary/aromatic N) is 3. The summed E-state index contributed by atoms with van der Waals surface area (Å²) in [5, 5.41) is 3.64. The van der Waals surface area contributed by atoms with Crippen molar-refractivity contribution in [3.63, 3.8) is 0 Å². The minimum atomic E-state index is 0.176. The first kappa shape index (κ1) is 13.4. The minimum absolute atomic E-state index is 0.176. The Balaban J connectivity index is 1.83. The van der Waals surface area contributed by atoms with Gasteiger partial charge in [0.05, 0.1) is 0 Å². The molecule has 3 heterocycles. The van der Waals surface area contributed by atoms with Crippen molar-refractivity contribution in [3.05, 3.63) is 30.6 Å². The molecule has 20 heavy (non-hydrogen) atoms. The molecule has 0 spiro atoms. The van der Waals surface area contributed by atoms with Gasteiger partial charge in [-0.2, -0.15) is 0 Å². The molecule has 0 bridgehead atoms. The predicted octanol–water partition coefficient (Wildman–Crippen LogP) is 2.69. The molecule has 0 aromatic carbocycles. The fraction of sp³-hybridized carbons (Fsp3) is 0.562. The van der Waals surface area contributed by atoms with Crippen LogP contribution in [0, 0.1) is 0 Å². The van der Waals surface area contributed by atoms with Gasteiger partial charge in [0.15, 0.2) is 0 Å². The van der Waals surface area contributed by atoms with Crippen LogP contribution in [0.15, 0.2) is 30.6 Å². The van der Waals surface area contributed by atoms with Crippen LogP contribution < -0.4 is 10.2 Å². The lowest BCUT2D eigenvalue weighted by Crippen LogP contribution is -2.45. The van der Waals surface area contributed by atoms with Crippen LogP contribution in [-0.4, -0.2) is 34.1 Å². The molecule has 2 aromatic heterocycles. The molecule has 2 aromatic rings. The smallest absolute Gasteiger partial charge is 0.138 e. The van der Waals surface area contributed by atoms with E-state index in [0.717, 1.165) is 18.7 Å². The molecule has 0 radical (unpaired) electrons. The first-order chi connectivity index (χ1) is 9.54. The van der Waals surface area contributed by atoms with Crippen LogP contribution in [0.2, 0.25) is 0 Å². The number of fused-ring (bicyclic) bond motifs is 1. The lowest BCUT2D eigenvalue weighted by atomic mass is 10.1. The number of hydrogen-bond donors (Lipinski definition) is 1. The molecule has 0 amide bonds. The molecule has 1 atom stereocenters. The van der Waals surface area contributed by atoms with Gasteiger partial charge < -0.3 is 10.2 Å². The van der Waals surface area contributed by atoms with Gasteiger partial charge in [-0.1, -0.05) is 6.07 Å². The van der Waals surface area contributed by atoms with E-state index >= 15 is 0 Å². The van der Waals surface area contributed by atoms with E-state index in [1.165, 1.54) is 18.7 Å². The second-order valence-corrected chi connectivity index (χ2v) is 6.66. The molecule has 1 saturated heterocycles. The van der Waals surface area contributed by atoms with E-state index in [1.54, 1.807) is 0 Å². The van der Waals surface area contributed by atoms with Crippen molar-refractivity contribution >= 4 is 11.5 Å². The molecular formula is C16H24N4. The second kappa shape index (κ2) is 5.09. The summed E-state index contributed by atoms with van der Waals surface area (Å²) in [7, 11) is 0. The molecule has 0 aliphatic carbocycles. The second-order valence-electron chi connectivity index (χ2n) is 6.66. The zero-order valence-electron chi connectivity index (χ0n) is 12.6. The van der Waals surface area contributed by atoms with Crippen molar-refractivity contribution < 1.29 is 0 Å². The predicted molar refractivity (Wildman–Crippen MR) is 83.3 cm³/mol. The van der Waals surface area contributed by atoms with Gasteiger partial charge in [0, 0.05) is 37.1 Å². The van der Waals surface area contributed by atoms with Gasteiger partial charge in [0.25, 0.3) is 0 Å². The third-order valence-corrected chi connectivity index (χ3v) is 3.95. The number of anilines is 1. The average molecular weight is 272 g/mol. The van der Waals surface area contributed by atoms with Gasteiger partial charge in [-0.15, -0.1) is 0 Å². The molecule has 4 nitrogen and oxygen atoms in total. The van der Waals surface area contributed by atoms with Crippen LogP contribution >= 0.6 is 0 Å². The summed E-state index contributed by atoms with van der Waals surface area (Å²) in [6.45, 7) is 8.84. The third-order valence-electron chi connectivity index (χ3n) is 3.95. The maximum Gasteiger partial charge on any atom is 0.138 e. The summed E-state index contributed by atoms with van der Waals surface area (Å²) in [6.07, 6.45) is 6.45. The highest BCUT2D eigenvalue weighted by Crippen LogP contribution is 2.26. The lowest BCUT2D eigenvalue weighted by Gasteiger charge is -2.30. The van der Waals surface area contributed by atoms with E-state index in [0.29, 0.717) is 6.04 Å². The zero-order valence-corrected chi connectivity index (χ0v) is 12.6. The Kier molecular flexibility index (Phi) is 3.42. The van der Waals surface area contributed by atoms with Crippen molar-refractivity contribution in [1.29, 1.82) is 0 Å². The number of rotatable bonds is 3.